The van der Waals surface area contributed by atoms with E-state index in [-0.39, 0.29) is 6.04 Å². The molecular formula is C20H22BrNO4. The van der Waals surface area contributed by atoms with Crippen LogP contribution in [-0.4, -0.2) is 42.8 Å². The van der Waals surface area contributed by atoms with Crippen LogP contribution in [0, 0.1) is 0 Å². The van der Waals surface area contributed by atoms with Crippen molar-refractivity contribution in [3.05, 3.63) is 58.1 Å². The van der Waals surface area contributed by atoms with Crippen molar-refractivity contribution in [2.24, 2.45) is 0 Å². The number of rotatable bonds is 6. The predicted octanol–water partition coefficient (Wildman–Crippen LogP) is 4.10. The summed E-state index contributed by atoms with van der Waals surface area (Å²) in [6.07, 6.45) is 1.50. The average molecular weight is 420 g/mol. The monoisotopic (exact) mass is 419 g/mol. The number of hydrogen-bond donors (Lipinski definition) is 1. The largest absolute Gasteiger partial charge is 0.497 e. The second-order valence-corrected chi connectivity index (χ2v) is 7.22. The first-order chi connectivity index (χ1) is 12.5. The summed E-state index contributed by atoms with van der Waals surface area (Å²) >= 11 is 3.53. The third-order valence-corrected chi connectivity index (χ3v) is 5.30. The molecule has 0 bridgehead atoms. The summed E-state index contributed by atoms with van der Waals surface area (Å²) < 4.78 is 11.9. The number of carboxylic acids is 1. The van der Waals surface area contributed by atoms with Gasteiger partial charge in [-0.15, -0.1) is 0 Å². The van der Waals surface area contributed by atoms with Crippen LogP contribution in [-0.2, 0) is 4.79 Å². The molecule has 0 spiro atoms. The molecule has 2 unspecified atom stereocenters. The predicted molar refractivity (Wildman–Crippen MR) is 103 cm³/mol. The van der Waals surface area contributed by atoms with Crippen LogP contribution in [0.3, 0.4) is 0 Å². The van der Waals surface area contributed by atoms with Crippen LogP contribution >= 0.6 is 15.9 Å². The third-order valence-electron chi connectivity index (χ3n) is 4.81. The molecule has 2 atom stereocenters. The maximum absolute atomic E-state index is 11.8. The fraction of sp³-hybridized carbons (Fsp3) is 0.350. The van der Waals surface area contributed by atoms with Gasteiger partial charge in [-0.05, 0) is 48.7 Å². The Kier molecular flexibility index (Phi) is 5.84. The lowest BCUT2D eigenvalue weighted by atomic mass is 9.95. The zero-order valence-electron chi connectivity index (χ0n) is 14.8. The Morgan fingerprint density at radius 3 is 2.73 bits per heavy atom. The number of hydrogen-bond acceptors (Lipinski definition) is 4. The highest BCUT2D eigenvalue weighted by Gasteiger charge is 2.38. The fourth-order valence-corrected chi connectivity index (χ4v) is 4.02. The molecule has 1 aliphatic heterocycles. The third kappa shape index (κ3) is 3.71. The normalized spacial score (nSPS) is 18.5. The van der Waals surface area contributed by atoms with Crippen LogP contribution in [0.2, 0.25) is 0 Å². The van der Waals surface area contributed by atoms with Crippen LogP contribution in [0.4, 0.5) is 0 Å². The summed E-state index contributed by atoms with van der Waals surface area (Å²) in [5.74, 6) is 0.689. The van der Waals surface area contributed by atoms with Gasteiger partial charge < -0.3 is 14.6 Å². The molecule has 0 saturated carbocycles. The zero-order chi connectivity index (χ0) is 18.7. The molecule has 2 aromatic carbocycles. The van der Waals surface area contributed by atoms with Crippen molar-refractivity contribution in [2.75, 3.05) is 20.8 Å². The molecule has 1 saturated heterocycles. The lowest BCUT2D eigenvalue weighted by Gasteiger charge is -2.33. The molecule has 26 heavy (non-hydrogen) atoms. The molecule has 6 heteroatoms. The van der Waals surface area contributed by atoms with E-state index in [2.05, 4.69) is 15.9 Å². The van der Waals surface area contributed by atoms with E-state index in [4.69, 9.17) is 9.47 Å². The number of ether oxygens (including phenoxy) is 2. The van der Waals surface area contributed by atoms with E-state index in [1.165, 1.54) is 0 Å². The van der Waals surface area contributed by atoms with Crippen molar-refractivity contribution >= 4 is 21.9 Å². The van der Waals surface area contributed by atoms with Gasteiger partial charge in [0.2, 0.25) is 0 Å². The van der Waals surface area contributed by atoms with Gasteiger partial charge in [-0.3, -0.25) is 9.69 Å². The maximum Gasteiger partial charge on any atom is 0.320 e. The highest BCUT2D eigenvalue weighted by Crippen LogP contribution is 2.40. The molecule has 0 aromatic heterocycles. The van der Waals surface area contributed by atoms with Crippen molar-refractivity contribution in [1.82, 2.24) is 4.90 Å². The highest BCUT2D eigenvalue weighted by molar-refractivity contribution is 9.10. The minimum Gasteiger partial charge on any atom is -0.497 e. The smallest absolute Gasteiger partial charge is 0.320 e. The standard InChI is InChI=1S/C20H22BrNO4/c1-25-15-6-3-5-13(11-15)19(22-10-4-7-17(22)20(23)24)16-12-14(21)8-9-18(16)26-2/h3,5-6,8-9,11-12,17,19H,4,7,10H2,1-2H3,(H,23,24). The van der Waals surface area contributed by atoms with Gasteiger partial charge in [0.1, 0.15) is 17.5 Å². The number of likely N-dealkylation sites (tertiary alicyclic amines) is 1. The fourth-order valence-electron chi connectivity index (χ4n) is 3.64. The van der Waals surface area contributed by atoms with E-state index in [0.717, 1.165) is 33.5 Å². The van der Waals surface area contributed by atoms with Gasteiger partial charge in [0, 0.05) is 16.6 Å². The van der Waals surface area contributed by atoms with Crippen molar-refractivity contribution < 1.29 is 19.4 Å². The number of benzene rings is 2. The molecule has 0 aliphatic carbocycles. The lowest BCUT2D eigenvalue weighted by Crippen LogP contribution is -2.39. The van der Waals surface area contributed by atoms with Crippen molar-refractivity contribution in [3.63, 3.8) is 0 Å². The molecule has 2 aromatic rings. The van der Waals surface area contributed by atoms with Crippen LogP contribution < -0.4 is 9.47 Å². The summed E-state index contributed by atoms with van der Waals surface area (Å²) in [6, 6.07) is 12.8. The number of methoxy groups -OCH3 is 2. The van der Waals surface area contributed by atoms with Crippen molar-refractivity contribution in [1.29, 1.82) is 0 Å². The first-order valence-corrected chi connectivity index (χ1v) is 9.30. The topological polar surface area (TPSA) is 59.0 Å². The Morgan fingerprint density at radius 2 is 2.04 bits per heavy atom. The maximum atomic E-state index is 11.8. The Labute approximate surface area is 161 Å². The van der Waals surface area contributed by atoms with E-state index < -0.39 is 12.0 Å². The number of carbonyl (C=O) groups is 1. The van der Waals surface area contributed by atoms with Crippen LogP contribution in [0.1, 0.15) is 30.0 Å². The van der Waals surface area contributed by atoms with Gasteiger partial charge in [0.15, 0.2) is 0 Å². The molecule has 1 N–H and O–H groups in total. The second-order valence-electron chi connectivity index (χ2n) is 6.30. The van der Waals surface area contributed by atoms with Crippen LogP contribution in [0.5, 0.6) is 11.5 Å². The summed E-state index contributed by atoms with van der Waals surface area (Å²) in [6.45, 7) is 0.717. The Morgan fingerprint density at radius 1 is 1.23 bits per heavy atom. The quantitative estimate of drug-likeness (QED) is 0.763. The van der Waals surface area contributed by atoms with Gasteiger partial charge in [-0.1, -0.05) is 28.1 Å². The Hall–Kier alpha value is -2.05. The highest BCUT2D eigenvalue weighted by atomic mass is 79.9. The molecular weight excluding hydrogens is 398 g/mol. The number of halogens is 1. The number of nitrogens with zero attached hydrogens (tertiary/aromatic N) is 1. The average Bonchev–Trinajstić information content (AvgIpc) is 3.12. The first-order valence-electron chi connectivity index (χ1n) is 8.51. The van der Waals surface area contributed by atoms with Crippen molar-refractivity contribution in [3.8, 4) is 11.5 Å². The molecule has 0 amide bonds. The summed E-state index contributed by atoms with van der Waals surface area (Å²) in [4.78, 5) is 13.9. The van der Waals surface area contributed by atoms with Crippen LogP contribution in [0.25, 0.3) is 0 Å². The second kappa shape index (κ2) is 8.10. The lowest BCUT2D eigenvalue weighted by molar-refractivity contribution is -0.142. The number of carboxylic acid groups (broad SMARTS) is 1. The van der Waals surface area contributed by atoms with E-state index in [9.17, 15) is 9.90 Å². The minimum atomic E-state index is -0.788. The minimum absolute atomic E-state index is 0.235. The van der Waals surface area contributed by atoms with Crippen LogP contribution in [0.15, 0.2) is 46.9 Å². The van der Waals surface area contributed by atoms with Gasteiger partial charge in [0.05, 0.1) is 20.3 Å². The summed E-state index contributed by atoms with van der Waals surface area (Å²) in [5.41, 5.74) is 1.91. The molecule has 5 nitrogen and oxygen atoms in total. The Bertz CT molecular complexity index is 795. The Balaban J connectivity index is 2.16. The zero-order valence-corrected chi connectivity index (χ0v) is 16.4. The summed E-state index contributed by atoms with van der Waals surface area (Å²) in [5, 5.41) is 9.70. The molecule has 1 aliphatic rings. The molecule has 0 radical (unpaired) electrons. The van der Waals surface area contributed by atoms with Gasteiger partial charge in [-0.2, -0.15) is 0 Å². The first kappa shape index (κ1) is 18.7. The van der Waals surface area contributed by atoms with Crippen molar-refractivity contribution in [2.45, 2.75) is 24.9 Å². The van der Waals surface area contributed by atoms with E-state index in [1.54, 1.807) is 14.2 Å². The number of aliphatic carboxylic acids is 1. The SMILES string of the molecule is COc1cccc(C(c2cc(Br)ccc2OC)N2CCCC2C(=O)O)c1. The van der Waals surface area contributed by atoms with Gasteiger partial charge in [0.25, 0.3) is 0 Å². The van der Waals surface area contributed by atoms with Gasteiger partial charge >= 0.3 is 5.97 Å². The molecule has 1 heterocycles. The van der Waals surface area contributed by atoms with E-state index in [1.807, 2.05) is 47.4 Å². The van der Waals surface area contributed by atoms with E-state index >= 15 is 0 Å². The molecule has 1 fully saturated rings. The molecule has 3 rings (SSSR count). The molecule has 138 valence electrons. The van der Waals surface area contributed by atoms with Gasteiger partial charge in [-0.25, -0.2) is 0 Å². The summed E-state index contributed by atoms with van der Waals surface area (Å²) in [7, 11) is 3.26. The van der Waals surface area contributed by atoms with E-state index in [0.29, 0.717) is 13.0 Å².